The largest absolute Gasteiger partial charge is 0.321 e. The maximum atomic E-state index is 11.9. The molecule has 0 aliphatic heterocycles. The zero-order valence-electron chi connectivity index (χ0n) is 10.7. The molecule has 0 spiro atoms. The number of halogens is 1. The van der Waals surface area contributed by atoms with Crippen molar-refractivity contribution in [2.45, 2.75) is 5.75 Å². The second-order valence-electron chi connectivity index (χ2n) is 4.20. The Hall–Kier alpha value is -2.03. The predicted molar refractivity (Wildman–Crippen MR) is 78.2 cm³/mol. The Bertz CT molecular complexity index is 745. The first-order valence-electron chi connectivity index (χ1n) is 5.73. The van der Waals surface area contributed by atoms with E-state index in [0.717, 1.165) is 0 Å². The van der Waals surface area contributed by atoms with Gasteiger partial charge in [0.1, 0.15) is 0 Å². The highest BCUT2D eigenvalue weighted by molar-refractivity contribution is 7.88. The number of hydrogen-bond acceptors (Lipinski definition) is 5. The maximum Gasteiger partial charge on any atom is 0.276 e. The van der Waals surface area contributed by atoms with Crippen molar-refractivity contribution < 1.29 is 13.2 Å². The van der Waals surface area contributed by atoms with E-state index in [-0.39, 0.29) is 16.6 Å². The predicted octanol–water partition coefficient (Wildman–Crippen LogP) is 1.17. The number of sulfonamides is 1. The summed E-state index contributed by atoms with van der Waals surface area (Å²) in [7, 11) is -3.58. The Balaban J connectivity index is 2.06. The molecule has 0 aliphatic rings. The van der Waals surface area contributed by atoms with E-state index in [9.17, 15) is 13.2 Å². The average molecular weight is 327 g/mol. The molecular weight excluding hydrogens is 316 g/mol. The van der Waals surface area contributed by atoms with E-state index in [1.165, 1.54) is 12.1 Å². The van der Waals surface area contributed by atoms with Crippen molar-refractivity contribution >= 4 is 33.2 Å². The summed E-state index contributed by atoms with van der Waals surface area (Å²) in [5.74, 6) is -0.706. The van der Waals surface area contributed by atoms with Gasteiger partial charge in [-0.3, -0.25) is 4.79 Å². The summed E-state index contributed by atoms with van der Waals surface area (Å²) in [5.41, 5.74) is 1.14. The number of nitrogens with two attached hydrogens (primary N) is 1. The third kappa shape index (κ3) is 4.78. The molecule has 3 N–H and O–H groups in total. The second kappa shape index (κ2) is 6.17. The van der Waals surface area contributed by atoms with E-state index in [1.807, 2.05) is 0 Å². The fourth-order valence-corrected chi connectivity index (χ4v) is 2.31. The summed E-state index contributed by atoms with van der Waals surface area (Å²) in [5, 5.41) is 15.0. The van der Waals surface area contributed by atoms with Crippen LogP contribution in [0.3, 0.4) is 0 Å². The van der Waals surface area contributed by atoms with Gasteiger partial charge in [0.05, 0.1) is 5.75 Å². The van der Waals surface area contributed by atoms with Gasteiger partial charge in [0.2, 0.25) is 10.0 Å². The van der Waals surface area contributed by atoms with Gasteiger partial charge in [-0.25, -0.2) is 13.6 Å². The number of anilines is 1. The van der Waals surface area contributed by atoms with Crippen molar-refractivity contribution in [3.05, 3.63) is 52.8 Å². The molecule has 0 bridgehead atoms. The lowest BCUT2D eigenvalue weighted by atomic mass is 10.2. The number of amides is 1. The summed E-state index contributed by atoms with van der Waals surface area (Å²) in [6.45, 7) is 0. The van der Waals surface area contributed by atoms with E-state index in [1.54, 1.807) is 24.3 Å². The molecule has 1 aromatic carbocycles. The number of carbonyl (C=O) groups excluding carboxylic acids is 1. The van der Waals surface area contributed by atoms with Gasteiger partial charge in [-0.1, -0.05) is 23.7 Å². The van der Waals surface area contributed by atoms with Gasteiger partial charge in [-0.05, 0) is 29.8 Å². The number of aromatic nitrogens is 2. The molecule has 1 heterocycles. The topological polar surface area (TPSA) is 115 Å². The minimum Gasteiger partial charge on any atom is -0.321 e. The number of hydrogen-bond donors (Lipinski definition) is 2. The molecule has 0 atom stereocenters. The van der Waals surface area contributed by atoms with Crippen molar-refractivity contribution in [2.75, 3.05) is 5.32 Å². The van der Waals surface area contributed by atoms with Crippen LogP contribution in [0.5, 0.6) is 0 Å². The van der Waals surface area contributed by atoms with E-state index in [4.69, 9.17) is 16.7 Å². The van der Waals surface area contributed by atoms with Crippen LogP contribution in [0.25, 0.3) is 0 Å². The minimum atomic E-state index is -3.58. The second-order valence-corrected chi connectivity index (χ2v) is 6.20. The van der Waals surface area contributed by atoms with Gasteiger partial charge in [-0.2, -0.15) is 0 Å². The van der Waals surface area contributed by atoms with Crippen LogP contribution < -0.4 is 10.5 Å². The zero-order chi connectivity index (χ0) is 15.5. The van der Waals surface area contributed by atoms with Crippen LogP contribution in [0.4, 0.5) is 5.69 Å². The van der Waals surface area contributed by atoms with Crippen LogP contribution >= 0.6 is 11.6 Å². The van der Waals surface area contributed by atoms with Gasteiger partial charge in [0.25, 0.3) is 5.91 Å². The van der Waals surface area contributed by atoms with Crippen LogP contribution in [-0.4, -0.2) is 24.5 Å². The van der Waals surface area contributed by atoms with Gasteiger partial charge in [0, 0.05) is 5.69 Å². The van der Waals surface area contributed by atoms with Gasteiger partial charge in [-0.15, -0.1) is 10.2 Å². The van der Waals surface area contributed by atoms with Crippen molar-refractivity contribution in [2.24, 2.45) is 5.14 Å². The molecule has 2 aromatic rings. The standard InChI is InChI=1S/C12H11ClN4O3S/c13-11-6-5-10(16-17-11)12(18)15-9-3-1-8(2-4-9)7-21(14,19)20/h1-6H,7H2,(H,15,18)(H2,14,19,20). The fraction of sp³-hybridized carbons (Fsp3) is 0.0833. The van der Waals surface area contributed by atoms with E-state index in [0.29, 0.717) is 11.3 Å². The first kappa shape index (κ1) is 15.4. The Kier molecular flexibility index (Phi) is 4.51. The van der Waals surface area contributed by atoms with Crippen LogP contribution in [0.2, 0.25) is 5.15 Å². The quantitative estimate of drug-likeness (QED) is 0.875. The first-order chi connectivity index (χ1) is 9.83. The number of primary sulfonamides is 1. The van der Waals surface area contributed by atoms with Crippen molar-refractivity contribution in [3.8, 4) is 0 Å². The molecule has 0 unspecified atom stereocenters. The zero-order valence-corrected chi connectivity index (χ0v) is 12.2. The van der Waals surface area contributed by atoms with Crippen molar-refractivity contribution in [1.82, 2.24) is 10.2 Å². The molecule has 1 amide bonds. The normalized spacial score (nSPS) is 11.1. The van der Waals surface area contributed by atoms with Gasteiger partial charge in [0.15, 0.2) is 10.8 Å². The SMILES string of the molecule is NS(=O)(=O)Cc1ccc(NC(=O)c2ccc(Cl)nn2)cc1. The summed E-state index contributed by atoms with van der Waals surface area (Å²) in [4.78, 5) is 11.9. The average Bonchev–Trinajstić information content (AvgIpc) is 2.40. The molecule has 7 nitrogen and oxygen atoms in total. The molecule has 1 aromatic heterocycles. The lowest BCUT2D eigenvalue weighted by molar-refractivity contribution is 0.102. The van der Waals surface area contributed by atoms with E-state index >= 15 is 0 Å². The monoisotopic (exact) mass is 326 g/mol. The molecule has 0 fully saturated rings. The molecule has 0 radical (unpaired) electrons. The number of benzene rings is 1. The van der Waals surface area contributed by atoms with Crippen LogP contribution in [0.15, 0.2) is 36.4 Å². The summed E-state index contributed by atoms with van der Waals surface area (Å²) < 4.78 is 21.9. The molecule has 0 saturated carbocycles. The maximum absolute atomic E-state index is 11.9. The number of carbonyl (C=O) groups is 1. The van der Waals surface area contributed by atoms with Gasteiger partial charge >= 0.3 is 0 Å². The highest BCUT2D eigenvalue weighted by Crippen LogP contribution is 2.12. The van der Waals surface area contributed by atoms with Crippen molar-refractivity contribution in [1.29, 1.82) is 0 Å². The molecular formula is C12H11ClN4O3S. The molecule has 2 rings (SSSR count). The van der Waals surface area contributed by atoms with Crippen LogP contribution in [0, 0.1) is 0 Å². The number of nitrogens with one attached hydrogen (secondary N) is 1. The van der Waals surface area contributed by atoms with Crippen LogP contribution in [0.1, 0.15) is 16.1 Å². The first-order valence-corrected chi connectivity index (χ1v) is 7.83. The highest BCUT2D eigenvalue weighted by Gasteiger charge is 2.09. The molecule has 0 aliphatic carbocycles. The minimum absolute atomic E-state index is 0.119. The third-order valence-corrected chi connectivity index (χ3v) is 3.38. The van der Waals surface area contributed by atoms with E-state index < -0.39 is 15.9 Å². The Morgan fingerprint density at radius 1 is 1.14 bits per heavy atom. The lowest BCUT2D eigenvalue weighted by Gasteiger charge is -2.05. The molecule has 9 heteroatoms. The highest BCUT2D eigenvalue weighted by atomic mass is 35.5. The molecule has 0 saturated heterocycles. The number of rotatable bonds is 4. The third-order valence-electron chi connectivity index (χ3n) is 2.44. The van der Waals surface area contributed by atoms with Gasteiger partial charge < -0.3 is 5.32 Å². The molecule has 21 heavy (non-hydrogen) atoms. The summed E-state index contributed by atoms with van der Waals surface area (Å²) in [6.07, 6.45) is 0. The smallest absolute Gasteiger partial charge is 0.276 e. The van der Waals surface area contributed by atoms with Crippen molar-refractivity contribution in [3.63, 3.8) is 0 Å². The van der Waals surface area contributed by atoms with E-state index in [2.05, 4.69) is 15.5 Å². The Morgan fingerprint density at radius 2 is 1.81 bits per heavy atom. The Labute approximate surface area is 126 Å². The van der Waals surface area contributed by atoms with Crippen LogP contribution in [-0.2, 0) is 15.8 Å². The Morgan fingerprint density at radius 3 is 2.33 bits per heavy atom. The lowest BCUT2D eigenvalue weighted by Crippen LogP contribution is -2.15. The molecule has 110 valence electrons. The summed E-state index contributed by atoms with van der Waals surface area (Å²) >= 11 is 5.58. The number of nitrogens with zero attached hydrogens (tertiary/aromatic N) is 2. The summed E-state index contributed by atoms with van der Waals surface area (Å²) in [6, 6.07) is 9.17. The fourth-order valence-electron chi connectivity index (χ4n) is 1.55.